The Morgan fingerprint density at radius 1 is 1.28 bits per heavy atom. The maximum atomic E-state index is 13.6. The Balaban J connectivity index is 2.72. The number of β-amino-alcohol motifs (C(OH)–C–C–N with tert-alkyl or cyclic N) is 1. The first-order valence-corrected chi connectivity index (χ1v) is 6.38. The van der Waals surface area contributed by atoms with Crippen LogP contribution >= 0.6 is 11.6 Å². The molecule has 0 aliphatic rings. The van der Waals surface area contributed by atoms with Crippen molar-refractivity contribution < 1.29 is 9.50 Å². The summed E-state index contributed by atoms with van der Waals surface area (Å²) in [5, 5.41) is 14.0. The first kappa shape index (κ1) is 15.4. The van der Waals surface area contributed by atoms with Gasteiger partial charge in [-0.05, 0) is 51.5 Å². The minimum absolute atomic E-state index is 0.0864. The third kappa shape index (κ3) is 5.34. The molecule has 0 heterocycles. The second-order valence-corrected chi connectivity index (χ2v) is 6.45. The number of nitrogens with one attached hydrogen (secondary N) is 1. The molecule has 0 bridgehead atoms. The van der Waals surface area contributed by atoms with Gasteiger partial charge >= 0.3 is 0 Å². The van der Waals surface area contributed by atoms with E-state index in [1.54, 1.807) is 13.0 Å². The smallest absolute Gasteiger partial charge is 0.126 e. The lowest BCUT2D eigenvalue weighted by Gasteiger charge is -2.29. The van der Waals surface area contributed by atoms with Gasteiger partial charge in [0.25, 0.3) is 0 Å². The zero-order chi connectivity index (χ0) is 14.0. The Bertz CT molecular complexity index is 413. The summed E-state index contributed by atoms with van der Waals surface area (Å²) >= 11 is 5.83. The largest absolute Gasteiger partial charge is 0.389 e. The van der Waals surface area contributed by atoms with E-state index in [1.807, 2.05) is 20.8 Å². The number of rotatable bonds is 4. The van der Waals surface area contributed by atoms with Crippen LogP contribution < -0.4 is 5.32 Å². The Morgan fingerprint density at radius 2 is 1.89 bits per heavy atom. The van der Waals surface area contributed by atoms with Crippen LogP contribution in [0.2, 0.25) is 5.02 Å². The van der Waals surface area contributed by atoms with Gasteiger partial charge in [0.05, 0.1) is 5.60 Å². The van der Waals surface area contributed by atoms with E-state index in [1.165, 1.54) is 12.1 Å². The summed E-state index contributed by atoms with van der Waals surface area (Å²) in [6.45, 7) is 8.13. The molecule has 1 atom stereocenters. The Labute approximate surface area is 113 Å². The molecule has 102 valence electrons. The highest BCUT2D eigenvalue weighted by molar-refractivity contribution is 6.30. The van der Waals surface area contributed by atoms with Crippen LogP contribution in [0.3, 0.4) is 0 Å². The quantitative estimate of drug-likeness (QED) is 0.883. The summed E-state index contributed by atoms with van der Waals surface area (Å²) in [4.78, 5) is 0. The van der Waals surface area contributed by atoms with Crippen molar-refractivity contribution in [3.63, 3.8) is 0 Å². The molecule has 1 aromatic rings. The van der Waals surface area contributed by atoms with Gasteiger partial charge in [0.15, 0.2) is 0 Å². The normalized spacial score (nSPS) is 15.5. The molecular formula is C14H21ClFNO. The highest BCUT2D eigenvalue weighted by Crippen LogP contribution is 2.20. The van der Waals surface area contributed by atoms with Crippen LogP contribution in [0.5, 0.6) is 0 Å². The Hall–Kier alpha value is -0.640. The maximum absolute atomic E-state index is 13.6. The van der Waals surface area contributed by atoms with E-state index in [0.717, 1.165) is 0 Å². The van der Waals surface area contributed by atoms with Crippen molar-refractivity contribution in [3.05, 3.63) is 34.6 Å². The number of hydrogen-bond donors (Lipinski definition) is 2. The fraction of sp³-hybridized carbons (Fsp3) is 0.571. The van der Waals surface area contributed by atoms with Crippen molar-refractivity contribution in [2.45, 2.75) is 45.3 Å². The predicted octanol–water partition coefficient (Wildman–Crippen LogP) is 3.16. The summed E-state index contributed by atoms with van der Waals surface area (Å²) in [7, 11) is 0. The van der Waals surface area contributed by atoms with Crippen LogP contribution in [0.4, 0.5) is 4.39 Å². The predicted molar refractivity (Wildman–Crippen MR) is 73.5 cm³/mol. The average molecular weight is 274 g/mol. The Kier molecular flexibility index (Phi) is 4.76. The summed E-state index contributed by atoms with van der Waals surface area (Å²) in [6.07, 6.45) is 0.225. The lowest BCUT2D eigenvalue weighted by molar-refractivity contribution is 0.0526. The minimum atomic E-state index is -1.02. The van der Waals surface area contributed by atoms with Crippen LogP contribution in [-0.4, -0.2) is 22.8 Å². The highest BCUT2D eigenvalue weighted by Gasteiger charge is 2.24. The van der Waals surface area contributed by atoms with Crippen LogP contribution in [0.25, 0.3) is 0 Å². The monoisotopic (exact) mass is 273 g/mol. The second-order valence-electron chi connectivity index (χ2n) is 6.01. The number of benzene rings is 1. The minimum Gasteiger partial charge on any atom is -0.389 e. The lowest BCUT2D eigenvalue weighted by atomic mass is 9.95. The van der Waals surface area contributed by atoms with Gasteiger partial charge in [-0.25, -0.2) is 4.39 Å². The molecule has 0 fully saturated rings. The van der Waals surface area contributed by atoms with Gasteiger partial charge in [-0.15, -0.1) is 0 Å². The van der Waals surface area contributed by atoms with E-state index in [9.17, 15) is 9.50 Å². The van der Waals surface area contributed by atoms with E-state index < -0.39 is 5.60 Å². The second kappa shape index (κ2) is 5.55. The molecule has 18 heavy (non-hydrogen) atoms. The van der Waals surface area contributed by atoms with Crippen LogP contribution in [-0.2, 0) is 6.42 Å². The van der Waals surface area contributed by atoms with Gasteiger partial charge < -0.3 is 10.4 Å². The molecule has 0 amide bonds. The van der Waals surface area contributed by atoms with E-state index in [2.05, 4.69) is 5.32 Å². The zero-order valence-corrected chi connectivity index (χ0v) is 12.1. The van der Waals surface area contributed by atoms with Crippen molar-refractivity contribution in [1.29, 1.82) is 0 Å². The summed E-state index contributed by atoms with van der Waals surface area (Å²) in [5.74, 6) is -0.338. The molecule has 1 rings (SSSR count). The third-order valence-corrected chi connectivity index (χ3v) is 2.81. The molecule has 0 aliphatic carbocycles. The lowest BCUT2D eigenvalue weighted by Crippen LogP contribution is -2.47. The van der Waals surface area contributed by atoms with Crippen molar-refractivity contribution in [3.8, 4) is 0 Å². The SMILES string of the molecule is CC(O)(CNC(C)(C)C)Cc1cc(Cl)ccc1F. The van der Waals surface area contributed by atoms with Gasteiger partial charge in [0.1, 0.15) is 5.82 Å². The highest BCUT2D eigenvalue weighted by atomic mass is 35.5. The number of aliphatic hydroxyl groups is 1. The van der Waals surface area contributed by atoms with Gasteiger partial charge in [-0.3, -0.25) is 0 Å². The third-order valence-electron chi connectivity index (χ3n) is 2.58. The summed E-state index contributed by atoms with van der Waals surface area (Å²) in [5.41, 5.74) is -0.668. The molecule has 2 nitrogen and oxygen atoms in total. The Morgan fingerprint density at radius 3 is 2.44 bits per heavy atom. The first-order valence-electron chi connectivity index (χ1n) is 6.00. The number of hydrogen-bond acceptors (Lipinski definition) is 2. The van der Waals surface area contributed by atoms with E-state index in [0.29, 0.717) is 17.1 Å². The molecule has 1 aromatic carbocycles. The van der Waals surface area contributed by atoms with Crippen molar-refractivity contribution in [1.82, 2.24) is 5.32 Å². The molecule has 0 saturated carbocycles. The first-order chi connectivity index (χ1) is 8.09. The van der Waals surface area contributed by atoms with Crippen LogP contribution in [0.15, 0.2) is 18.2 Å². The van der Waals surface area contributed by atoms with Gasteiger partial charge in [-0.1, -0.05) is 11.6 Å². The zero-order valence-electron chi connectivity index (χ0n) is 11.3. The fourth-order valence-corrected chi connectivity index (χ4v) is 1.80. The van der Waals surface area contributed by atoms with E-state index >= 15 is 0 Å². The van der Waals surface area contributed by atoms with E-state index in [4.69, 9.17) is 11.6 Å². The molecular weight excluding hydrogens is 253 g/mol. The molecule has 4 heteroatoms. The van der Waals surface area contributed by atoms with Gasteiger partial charge in [0, 0.05) is 23.5 Å². The molecule has 0 radical (unpaired) electrons. The van der Waals surface area contributed by atoms with E-state index in [-0.39, 0.29) is 17.8 Å². The van der Waals surface area contributed by atoms with Gasteiger partial charge in [0.2, 0.25) is 0 Å². The van der Waals surface area contributed by atoms with Crippen LogP contribution in [0.1, 0.15) is 33.3 Å². The van der Waals surface area contributed by atoms with Crippen molar-refractivity contribution in [2.24, 2.45) is 0 Å². The summed E-state index contributed by atoms with van der Waals surface area (Å²) in [6, 6.07) is 4.38. The fourth-order valence-electron chi connectivity index (χ4n) is 1.61. The summed E-state index contributed by atoms with van der Waals surface area (Å²) < 4.78 is 13.6. The number of halogens is 2. The maximum Gasteiger partial charge on any atom is 0.126 e. The molecule has 0 spiro atoms. The van der Waals surface area contributed by atoms with Gasteiger partial charge in [-0.2, -0.15) is 0 Å². The molecule has 0 saturated heterocycles. The molecule has 1 unspecified atom stereocenters. The average Bonchev–Trinajstić information content (AvgIpc) is 2.20. The molecule has 0 aliphatic heterocycles. The molecule has 2 N–H and O–H groups in total. The molecule has 0 aromatic heterocycles. The topological polar surface area (TPSA) is 32.3 Å². The standard InChI is InChI=1S/C14H21ClFNO/c1-13(2,3)17-9-14(4,18)8-10-7-11(15)5-6-12(10)16/h5-7,17-18H,8-9H2,1-4H3. The van der Waals surface area contributed by atoms with Crippen LogP contribution in [0, 0.1) is 5.82 Å². The van der Waals surface area contributed by atoms with Crippen molar-refractivity contribution >= 4 is 11.6 Å². The van der Waals surface area contributed by atoms with Crippen molar-refractivity contribution in [2.75, 3.05) is 6.54 Å².